The predicted molar refractivity (Wildman–Crippen MR) is 70.9 cm³/mol. The number of nitrogens with two attached hydrogens (primary N) is 1. The summed E-state index contributed by atoms with van der Waals surface area (Å²) in [5, 5.41) is 12.7. The minimum Gasteiger partial charge on any atom is -0.371 e. The molecule has 0 aliphatic rings. The maximum atomic E-state index is 11.6. The number of aromatic nitrogens is 3. The standard InChI is InChI=1S/C11H22N4O3S/c1-6-11(4,18-5)9-13-14-10(19(12,16)17)15(9)7-8(2)3/h8H,6-7H2,1-5H3,(H2,12,16,17). The van der Waals surface area contributed by atoms with Crippen LogP contribution in [-0.4, -0.2) is 30.3 Å². The third kappa shape index (κ3) is 3.31. The van der Waals surface area contributed by atoms with Gasteiger partial charge >= 0.3 is 0 Å². The molecular weight excluding hydrogens is 268 g/mol. The van der Waals surface area contributed by atoms with Crippen molar-refractivity contribution >= 4 is 10.0 Å². The van der Waals surface area contributed by atoms with Crippen LogP contribution in [0, 0.1) is 5.92 Å². The average Bonchev–Trinajstić information content (AvgIpc) is 2.71. The maximum absolute atomic E-state index is 11.6. The van der Waals surface area contributed by atoms with Gasteiger partial charge < -0.3 is 4.74 Å². The van der Waals surface area contributed by atoms with Gasteiger partial charge in [-0.25, -0.2) is 13.6 Å². The van der Waals surface area contributed by atoms with Gasteiger partial charge in [0.25, 0.3) is 15.2 Å². The van der Waals surface area contributed by atoms with Gasteiger partial charge in [0.05, 0.1) is 0 Å². The molecule has 0 amide bonds. The van der Waals surface area contributed by atoms with E-state index in [-0.39, 0.29) is 11.1 Å². The number of sulfonamides is 1. The van der Waals surface area contributed by atoms with E-state index >= 15 is 0 Å². The molecule has 0 spiro atoms. The van der Waals surface area contributed by atoms with E-state index in [4.69, 9.17) is 9.88 Å². The Kier molecular flexibility index (Phi) is 4.70. The quantitative estimate of drug-likeness (QED) is 0.837. The van der Waals surface area contributed by atoms with E-state index in [1.54, 1.807) is 7.11 Å². The van der Waals surface area contributed by atoms with Crippen molar-refractivity contribution in [1.29, 1.82) is 0 Å². The zero-order valence-electron chi connectivity index (χ0n) is 12.0. The van der Waals surface area contributed by atoms with Crippen LogP contribution in [0.2, 0.25) is 0 Å². The highest BCUT2D eigenvalue weighted by Gasteiger charge is 2.34. The molecule has 0 bridgehead atoms. The summed E-state index contributed by atoms with van der Waals surface area (Å²) >= 11 is 0. The van der Waals surface area contributed by atoms with Gasteiger partial charge in [-0.15, -0.1) is 10.2 Å². The topological polar surface area (TPSA) is 100 Å². The number of nitrogens with zero attached hydrogens (tertiary/aromatic N) is 3. The van der Waals surface area contributed by atoms with Crippen molar-refractivity contribution in [2.45, 2.75) is 51.4 Å². The molecule has 0 radical (unpaired) electrons. The Labute approximate surface area is 114 Å². The van der Waals surface area contributed by atoms with Crippen LogP contribution in [0.1, 0.15) is 39.9 Å². The summed E-state index contributed by atoms with van der Waals surface area (Å²) in [6, 6.07) is 0. The summed E-state index contributed by atoms with van der Waals surface area (Å²) in [7, 11) is -2.34. The van der Waals surface area contributed by atoms with Crippen molar-refractivity contribution in [2.24, 2.45) is 11.1 Å². The number of ether oxygens (including phenoxy) is 1. The molecule has 2 N–H and O–H groups in total. The van der Waals surface area contributed by atoms with Crippen molar-refractivity contribution in [3.63, 3.8) is 0 Å². The summed E-state index contributed by atoms with van der Waals surface area (Å²) in [5.74, 6) is 0.712. The van der Waals surface area contributed by atoms with Gasteiger partial charge in [-0.3, -0.25) is 4.57 Å². The molecule has 0 saturated carbocycles. The molecule has 1 atom stereocenters. The average molecular weight is 290 g/mol. The Balaban J connectivity index is 3.46. The minimum atomic E-state index is -3.90. The Morgan fingerprint density at radius 1 is 1.42 bits per heavy atom. The lowest BCUT2D eigenvalue weighted by Crippen LogP contribution is -2.30. The minimum absolute atomic E-state index is 0.215. The Morgan fingerprint density at radius 2 is 2.00 bits per heavy atom. The molecule has 19 heavy (non-hydrogen) atoms. The van der Waals surface area contributed by atoms with Crippen LogP contribution in [0.25, 0.3) is 0 Å². The second-order valence-corrected chi connectivity index (χ2v) is 6.60. The molecule has 0 aromatic carbocycles. The molecule has 0 saturated heterocycles. The molecule has 8 heteroatoms. The van der Waals surface area contributed by atoms with E-state index in [2.05, 4.69) is 10.2 Å². The van der Waals surface area contributed by atoms with Crippen LogP contribution in [0.4, 0.5) is 0 Å². The lowest BCUT2D eigenvalue weighted by Gasteiger charge is -2.26. The van der Waals surface area contributed by atoms with E-state index in [9.17, 15) is 8.42 Å². The monoisotopic (exact) mass is 290 g/mol. The molecular formula is C11H22N4O3S. The number of rotatable bonds is 6. The first-order valence-electron chi connectivity index (χ1n) is 6.17. The molecule has 0 aliphatic heterocycles. The summed E-state index contributed by atoms with van der Waals surface area (Å²) < 4.78 is 30.1. The van der Waals surface area contributed by atoms with E-state index in [0.29, 0.717) is 18.8 Å². The van der Waals surface area contributed by atoms with Gasteiger partial charge in [0.15, 0.2) is 5.82 Å². The number of hydrogen-bond acceptors (Lipinski definition) is 5. The first-order valence-corrected chi connectivity index (χ1v) is 7.72. The maximum Gasteiger partial charge on any atom is 0.273 e. The number of methoxy groups -OCH3 is 1. The lowest BCUT2D eigenvalue weighted by molar-refractivity contribution is -0.0129. The first kappa shape index (κ1) is 16.1. The van der Waals surface area contributed by atoms with Gasteiger partial charge in [-0.2, -0.15) is 0 Å². The van der Waals surface area contributed by atoms with Gasteiger partial charge in [0, 0.05) is 13.7 Å². The van der Waals surface area contributed by atoms with Crippen LogP contribution < -0.4 is 5.14 Å². The first-order chi connectivity index (χ1) is 8.65. The number of primary sulfonamides is 1. The fourth-order valence-corrected chi connectivity index (χ4v) is 2.44. The van der Waals surface area contributed by atoms with Gasteiger partial charge in [-0.05, 0) is 19.3 Å². The van der Waals surface area contributed by atoms with Crippen LogP contribution >= 0.6 is 0 Å². The fraction of sp³-hybridized carbons (Fsp3) is 0.818. The van der Waals surface area contributed by atoms with Gasteiger partial charge in [0.2, 0.25) is 0 Å². The highest BCUT2D eigenvalue weighted by Crippen LogP contribution is 2.28. The summed E-state index contributed by atoms with van der Waals surface area (Å²) in [5.41, 5.74) is -0.690. The predicted octanol–water partition coefficient (Wildman–Crippen LogP) is 0.853. The van der Waals surface area contributed by atoms with Crippen molar-refractivity contribution < 1.29 is 13.2 Å². The van der Waals surface area contributed by atoms with Crippen molar-refractivity contribution in [2.75, 3.05) is 7.11 Å². The van der Waals surface area contributed by atoms with Gasteiger partial charge in [-0.1, -0.05) is 20.8 Å². The second-order valence-electron chi connectivity index (χ2n) is 5.14. The Morgan fingerprint density at radius 3 is 2.37 bits per heavy atom. The molecule has 1 unspecified atom stereocenters. The fourth-order valence-electron chi connectivity index (χ4n) is 1.81. The Hall–Kier alpha value is -0.990. The van der Waals surface area contributed by atoms with Gasteiger partial charge in [0.1, 0.15) is 5.60 Å². The summed E-state index contributed by atoms with van der Waals surface area (Å²) in [6.45, 7) is 8.21. The Bertz CT molecular complexity index is 532. The normalized spacial score (nSPS) is 15.7. The van der Waals surface area contributed by atoms with Crippen molar-refractivity contribution in [3.8, 4) is 0 Å². The van der Waals surface area contributed by atoms with E-state index in [0.717, 1.165) is 0 Å². The zero-order chi connectivity index (χ0) is 14.8. The zero-order valence-corrected chi connectivity index (χ0v) is 12.9. The van der Waals surface area contributed by atoms with E-state index in [1.807, 2.05) is 27.7 Å². The third-order valence-electron chi connectivity index (χ3n) is 3.12. The molecule has 1 heterocycles. The molecule has 1 rings (SSSR count). The summed E-state index contributed by atoms with van der Waals surface area (Å²) in [4.78, 5) is 0. The molecule has 1 aromatic heterocycles. The van der Waals surface area contributed by atoms with Crippen LogP contribution in [0.3, 0.4) is 0 Å². The smallest absolute Gasteiger partial charge is 0.273 e. The van der Waals surface area contributed by atoms with Crippen LogP contribution in [0.5, 0.6) is 0 Å². The third-order valence-corrected chi connectivity index (χ3v) is 3.93. The van der Waals surface area contributed by atoms with E-state index < -0.39 is 15.6 Å². The largest absolute Gasteiger partial charge is 0.371 e. The second kappa shape index (κ2) is 5.56. The molecule has 1 aromatic rings. The molecule has 7 nitrogen and oxygen atoms in total. The lowest BCUT2D eigenvalue weighted by atomic mass is 10.0. The van der Waals surface area contributed by atoms with Crippen molar-refractivity contribution in [3.05, 3.63) is 5.82 Å². The number of hydrogen-bond donors (Lipinski definition) is 1. The summed E-state index contributed by atoms with van der Waals surface area (Å²) in [6.07, 6.45) is 0.643. The highest BCUT2D eigenvalue weighted by molar-refractivity contribution is 7.89. The van der Waals surface area contributed by atoms with Crippen LogP contribution in [-0.2, 0) is 26.9 Å². The molecule has 110 valence electrons. The van der Waals surface area contributed by atoms with E-state index in [1.165, 1.54) is 4.57 Å². The highest BCUT2D eigenvalue weighted by atomic mass is 32.2. The molecule has 0 fully saturated rings. The molecule has 0 aliphatic carbocycles. The SMILES string of the molecule is CCC(C)(OC)c1nnc(S(N)(=O)=O)n1CC(C)C. The van der Waals surface area contributed by atoms with Crippen molar-refractivity contribution in [1.82, 2.24) is 14.8 Å². The van der Waals surface area contributed by atoms with Crippen LogP contribution in [0.15, 0.2) is 5.16 Å².